The Morgan fingerprint density at radius 3 is 2.50 bits per heavy atom. The lowest BCUT2D eigenvalue weighted by molar-refractivity contribution is 0.365. The van der Waals surface area contributed by atoms with Crippen molar-refractivity contribution in [2.75, 3.05) is 20.1 Å². The zero-order valence-corrected chi connectivity index (χ0v) is 12.9. The fraction of sp³-hybridized carbons (Fsp3) is 0.368. The molecule has 22 heavy (non-hydrogen) atoms. The molecule has 1 heterocycles. The number of nitrogens with one attached hydrogen (secondary N) is 2. The van der Waals surface area contributed by atoms with E-state index >= 15 is 0 Å². The maximum Gasteiger partial charge on any atom is 0.123 e. The summed E-state index contributed by atoms with van der Waals surface area (Å²) in [4.78, 5) is 0. The van der Waals surface area contributed by atoms with E-state index < -0.39 is 0 Å². The lowest BCUT2D eigenvalue weighted by Crippen LogP contribution is -2.39. The van der Waals surface area contributed by atoms with E-state index in [9.17, 15) is 4.39 Å². The molecule has 2 nitrogen and oxygen atoms in total. The molecule has 0 aromatic heterocycles. The highest BCUT2D eigenvalue weighted by Gasteiger charge is 2.33. The molecule has 0 radical (unpaired) electrons. The lowest BCUT2D eigenvalue weighted by atomic mass is 9.81. The quantitative estimate of drug-likeness (QED) is 0.887. The summed E-state index contributed by atoms with van der Waals surface area (Å²) < 4.78 is 13.2. The van der Waals surface area contributed by atoms with Crippen LogP contribution in [0.2, 0.25) is 0 Å². The van der Waals surface area contributed by atoms with Gasteiger partial charge >= 0.3 is 0 Å². The number of halogens is 1. The van der Waals surface area contributed by atoms with Gasteiger partial charge in [0.25, 0.3) is 0 Å². The number of rotatable bonds is 5. The molecule has 116 valence electrons. The van der Waals surface area contributed by atoms with E-state index in [1.54, 1.807) is 12.1 Å². The van der Waals surface area contributed by atoms with Crippen molar-refractivity contribution in [2.24, 2.45) is 5.92 Å². The van der Waals surface area contributed by atoms with Crippen molar-refractivity contribution >= 4 is 0 Å². The van der Waals surface area contributed by atoms with Crippen molar-refractivity contribution in [3.63, 3.8) is 0 Å². The van der Waals surface area contributed by atoms with Gasteiger partial charge in [0.2, 0.25) is 0 Å². The average molecular weight is 298 g/mol. The molecule has 0 aliphatic carbocycles. The van der Waals surface area contributed by atoms with Gasteiger partial charge in [-0.05, 0) is 42.6 Å². The molecule has 0 saturated carbocycles. The Morgan fingerprint density at radius 1 is 1.09 bits per heavy atom. The van der Waals surface area contributed by atoms with Crippen LogP contribution in [0.25, 0.3) is 0 Å². The number of likely N-dealkylation sites (N-methyl/N-ethyl adjacent to an activating group) is 1. The van der Waals surface area contributed by atoms with Crippen LogP contribution in [0.5, 0.6) is 0 Å². The largest absolute Gasteiger partial charge is 0.316 e. The molecule has 2 aromatic carbocycles. The molecule has 3 atom stereocenters. The van der Waals surface area contributed by atoms with Crippen molar-refractivity contribution in [3.05, 3.63) is 71.5 Å². The number of hydrogen-bond acceptors (Lipinski definition) is 2. The van der Waals surface area contributed by atoms with E-state index in [2.05, 4.69) is 41.0 Å². The molecule has 1 fully saturated rings. The second-order valence-electron chi connectivity index (χ2n) is 6.07. The monoisotopic (exact) mass is 298 g/mol. The molecule has 2 unspecified atom stereocenters. The summed E-state index contributed by atoms with van der Waals surface area (Å²) in [6, 6.07) is 18.0. The van der Waals surface area contributed by atoms with Crippen LogP contribution in [0.3, 0.4) is 0 Å². The minimum atomic E-state index is -0.166. The third-order valence-electron chi connectivity index (χ3n) is 4.75. The zero-order chi connectivity index (χ0) is 15.4. The van der Waals surface area contributed by atoms with Gasteiger partial charge in [-0.2, -0.15) is 0 Å². The fourth-order valence-electron chi connectivity index (χ4n) is 3.53. The lowest BCUT2D eigenvalue weighted by Gasteiger charge is -2.28. The molecule has 2 aromatic rings. The Hall–Kier alpha value is -1.71. The van der Waals surface area contributed by atoms with E-state index in [1.165, 1.54) is 11.1 Å². The van der Waals surface area contributed by atoms with E-state index in [0.29, 0.717) is 17.9 Å². The third-order valence-corrected chi connectivity index (χ3v) is 4.75. The topological polar surface area (TPSA) is 24.1 Å². The molecular formula is C19H23FN2. The highest BCUT2D eigenvalue weighted by molar-refractivity contribution is 5.25. The maximum atomic E-state index is 13.2. The molecule has 0 spiro atoms. The highest BCUT2D eigenvalue weighted by Crippen LogP contribution is 2.31. The summed E-state index contributed by atoms with van der Waals surface area (Å²) in [6.45, 7) is 1.96. The van der Waals surface area contributed by atoms with E-state index in [-0.39, 0.29) is 5.82 Å². The van der Waals surface area contributed by atoms with Crippen molar-refractivity contribution in [2.45, 2.75) is 18.4 Å². The van der Waals surface area contributed by atoms with Crippen molar-refractivity contribution < 1.29 is 4.39 Å². The van der Waals surface area contributed by atoms with Crippen LogP contribution < -0.4 is 10.6 Å². The second-order valence-corrected chi connectivity index (χ2v) is 6.07. The molecule has 0 amide bonds. The molecule has 2 N–H and O–H groups in total. The Balaban J connectivity index is 1.77. The van der Waals surface area contributed by atoms with Crippen LogP contribution in [-0.4, -0.2) is 26.2 Å². The Kier molecular flexibility index (Phi) is 4.86. The van der Waals surface area contributed by atoms with Crippen LogP contribution in [0, 0.1) is 11.7 Å². The molecule has 1 aliphatic heterocycles. The van der Waals surface area contributed by atoms with Crippen molar-refractivity contribution in [1.82, 2.24) is 10.6 Å². The number of benzene rings is 2. The van der Waals surface area contributed by atoms with Crippen LogP contribution in [-0.2, 0) is 6.42 Å². The van der Waals surface area contributed by atoms with Gasteiger partial charge in [0.1, 0.15) is 5.82 Å². The SMILES string of the molecule is CN[C@H](Cc1ccccc1)C1CNCC1c1ccc(F)cc1. The normalized spacial score (nSPS) is 22.6. The Labute approximate surface area is 131 Å². The van der Waals surface area contributed by atoms with Gasteiger partial charge in [-0.1, -0.05) is 42.5 Å². The van der Waals surface area contributed by atoms with Crippen LogP contribution >= 0.6 is 0 Å². The summed E-state index contributed by atoms with van der Waals surface area (Å²) in [5.74, 6) is 0.776. The molecule has 1 aliphatic rings. The van der Waals surface area contributed by atoms with Crippen molar-refractivity contribution in [1.29, 1.82) is 0 Å². The predicted molar refractivity (Wildman–Crippen MR) is 88.5 cm³/mol. The Morgan fingerprint density at radius 2 is 1.82 bits per heavy atom. The van der Waals surface area contributed by atoms with Gasteiger partial charge in [0.05, 0.1) is 0 Å². The minimum absolute atomic E-state index is 0.166. The summed E-state index contributed by atoms with van der Waals surface area (Å²) in [5.41, 5.74) is 2.58. The number of hydrogen-bond donors (Lipinski definition) is 2. The average Bonchev–Trinajstić information content (AvgIpc) is 3.04. The Bertz CT molecular complexity index is 582. The summed E-state index contributed by atoms with van der Waals surface area (Å²) in [5, 5.41) is 6.99. The first-order valence-electron chi connectivity index (χ1n) is 7.95. The first-order valence-corrected chi connectivity index (χ1v) is 7.95. The highest BCUT2D eigenvalue weighted by atomic mass is 19.1. The van der Waals surface area contributed by atoms with Gasteiger partial charge < -0.3 is 10.6 Å². The van der Waals surface area contributed by atoms with Gasteiger partial charge in [0.15, 0.2) is 0 Å². The second kappa shape index (κ2) is 7.03. The van der Waals surface area contributed by atoms with E-state index in [1.807, 2.05) is 19.2 Å². The van der Waals surface area contributed by atoms with Crippen LogP contribution in [0.1, 0.15) is 17.0 Å². The molecule has 1 saturated heterocycles. The molecule has 3 heteroatoms. The fourth-order valence-corrected chi connectivity index (χ4v) is 3.53. The first kappa shape index (κ1) is 15.2. The van der Waals surface area contributed by atoms with Crippen molar-refractivity contribution in [3.8, 4) is 0 Å². The zero-order valence-electron chi connectivity index (χ0n) is 12.9. The standard InChI is InChI=1S/C19H23FN2/c1-21-19(11-14-5-3-2-4-6-14)18-13-22-12-17(18)15-7-9-16(20)10-8-15/h2-10,17-19,21-22H,11-13H2,1H3/t17?,18?,19-/m1/s1. The first-order chi connectivity index (χ1) is 10.8. The van der Waals surface area contributed by atoms with Crippen LogP contribution in [0.4, 0.5) is 4.39 Å². The summed E-state index contributed by atoms with van der Waals surface area (Å²) in [7, 11) is 2.04. The third kappa shape index (κ3) is 3.37. The minimum Gasteiger partial charge on any atom is -0.316 e. The van der Waals surface area contributed by atoms with Crippen LogP contribution in [0.15, 0.2) is 54.6 Å². The molecular weight excluding hydrogens is 275 g/mol. The smallest absolute Gasteiger partial charge is 0.123 e. The maximum absolute atomic E-state index is 13.2. The van der Waals surface area contributed by atoms with Gasteiger partial charge in [-0.15, -0.1) is 0 Å². The van der Waals surface area contributed by atoms with Gasteiger partial charge in [0, 0.05) is 25.0 Å². The summed E-state index contributed by atoms with van der Waals surface area (Å²) >= 11 is 0. The van der Waals surface area contributed by atoms with E-state index in [0.717, 1.165) is 19.5 Å². The molecule has 0 bridgehead atoms. The predicted octanol–water partition coefficient (Wildman–Crippen LogP) is 2.96. The molecule has 3 rings (SSSR count). The summed E-state index contributed by atoms with van der Waals surface area (Å²) in [6.07, 6.45) is 1.02. The van der Waals surface area contributed by atoms with E-state index in [4.69, 9.17) is 0 Å². The van der Waals surface area contributed by atoms with Gasteiger partial charge in [-0.25, -0.2) is 4.39 Å². The van der Waals surface area contributed by atoms with Gasteiger partial charge in [-0.3, -0.25) is 0 Å².